The fourth-order valence-corrected chi connectivity index (χ4v) is 8.57. The molecule has 5 atom stereocenters. The average Bonchev–Trinajstić information content (AvgIpc) is 4.01. The van der Waals surface area contributed by atoms with Crippen molar-refractivity contribution in [1.29, 1.82) is 0 Å². The second kappa shape index (κ2) is 20.6. The van der Waals surface area contributed by atoms with Gasteiger partial charge in [0.15, 0.2) is 6.61 Å². The number of aliphatic carboxylic acids is 1. The van der Waals surface area contributed by atoms with Crippen LogP contribution in [0.15, 0.2) is 127 Å². The Morgan fingerprint density at radius 2 is 1.32 bits per heavy atom. The summed E-state index contributed by atoms with van der Waals surface area (Å²) in [5.41, 5.74) is 4.26. The Hall–Kier alpha value is -6.80. The van der Waals surface area contributed by atoms with Crippen molar-refractivity contribution in [2.24, 2.45) is 0 Å². The van der Waals surface area contributed by atoms with Gasteiger partial charge in [0.25, 0.3) is 5.91 Å². The summed E-state index contributed by atoms with van der Waals surface area (Å²) in [6.07, 6.45) is 1.52. The molecular formula is C48H49N5O8S. The van der Waals surface area contributed by atoms with Gasteiger partial charge < -0.3 is 36.0 Å². The molecule has 1 fully saturated rings. The number of fused-ring (bicyclic) bond motifs is 16. The third-order valence-corrected chi connectivity index (χ3v) is 12.0. The number of likely N-dealkylation sites (tertiary alicyclic amines) is 1. The number of carbonyl (C=O) groups is 6. The van der Waals surface area contributed by atoms with E-state index in [1.54, 1.807) is 24.3 Å². The van der Waals surface area contributed by atoms with Crippen LogP contribution < -0.4 is 26.0 Å². The molecule has 1 unspecified atom stereocenters. The van der Waals surface area contributed by atoms with Gasteiger partial charge >= 0.3 is 5.97 Å². The number of amides is 5. The first kappa shape index (κ1) is 43.3. The summed E-state index contributed by atoms with van der Waals surface area (Å²) in [6, 6.07) is 31.6. The van der Waals surface area contributed by atoms with Crippen molar-refractivity contribution in [2.45, 2.75) is 75.2 Å². The van der Waals surface area contributed by atoms with Crippen LogP contribution in [-0.2, 0) is 54.5 Å². The van der Waals surface area contributed by atoms with Gasteiger partial charge in [-0.1, -0.05) is 103 Å². The normalized spacial score (nSPS) is 21.3. The Labute approximate surface area is 363 Å². The van der Waals surface area contributed by atoms with Crippen molar-refractivity contribution in [1.82, 2.24) is 26.2 Å². The lowest BCUT2D eigenvalue weighted by Gasteiger charge is -2.29. The van der Waals surface area contributed by atoms with Crippen molar-refractivity contribution in [3.63, 3.8) is 0 Å². The van der Waals surface area contributed by atoms with E-state index in [0.29, 0.717) is 24.2 Å². The third-order valence-electron chi connectivity index (χ3n) is 11.1. The second-order valence-corrected chi connectivity index (χ2v) is 16.6. The first-order chi connectivity index (χ1) is 30.1. The van der Waals surface area contributed by atoms with Crippen LogP contribution in [0.4, 0.5) is 0 Å². The number of carboxylic acids is 1. The summed E-state index contributed by atoms with van der Waals surface area (Å²) >= 11 is 1.43. The van der Waals surface area contributed by atoms with E-state index in [2.05, 4.69) is 21.3 Å². The highest BCUT2D eigenvalue weighted by Gasteiger charge is 2.39. The molecule has 0 radical (unpaired) electrons. The third kappa shape index (κ3) is 11.5. The molecule has 0 saturated carbocycles. The summed E-state index contributed by atoms with van der Waals surface area (Å²) in [7, 11) is 0. The molecule has 5 amide bonds. The predicted molar refractivity (Wildman–Crippen MR) is 234 cm³/mol. The molecule has 1 aromatic heterocycles. The average molecular weight is 856 g/mol. The standard InChI is InChI=1S/C48H49N5O8S/c54-43-30-61-36-22-17-33(18-23-36)28-41(47(58)53-25-7-14-42(53)48(59)60)52-44(55)38(24-19-31-9-3-1-4-10-31)50-45(56)39(51-46(57)40(49-43)29-37-13-8-26-62-37)27-32-15-20-35(21-16-32)34-11-5-2-6-12-34/h1-6,8-13,15-18,20-23,26,38-42H,7,14,19,24-25,27-30H2,(H,49,54)(H,50,56)(H,51,57)(H,52,55)(H,59,60)/t38-,39+,40?,41+,42+/m1/s1. The summed E-state index contributed by atoms with van der Waals surface area (Å²) < 4.78 is 5.79. The van der Waals surface area contributed by atoms with E-state index in [4.69, 9.17) is 4.74 Å². The van der Waals surface area contributed by atoms with Gasteiger partial charge in [-0.25, -0.2) is 4.79 Å². The number of ether oxygens (including phenoxy) is 1. The summed E-state index contributed by atoms with van der Waals surface area (Å²) in [4.78, 5) is 85.3. The van der Waals surface area contributed by atoms with Gasteiger partial charge in [-0.3, -0.25) is 24.0 Å². The monoisotopic (exact) mass is 855 g/mol. The fraction of sp³-hybridized carbons (Fsp3) is 0.292. The van der Waals surface area contributed by atoms with E-state index in [9.17, 15) is 33.9 Å². The van der Waals surface area contributed by atoms with Crippen LogP contribution in [0.2, 0.25) is 0 Å². The van der Waals surface area contributed by atoms with E-state index in [1.165, 1.54) is 16.2 Å². The summed E-state index contributed by atoms with van der Waals surface area (Å²) in [5, 5.41) is 23.3. The lowest BCUT2D eigenvalue weighted by atomic mass is 9.99. The zero-order valence-electron chi connectivity index (χ0n) is 34.0. The number of nitrogens with zero attached hydrogens (tertiary/aromatic N) is 1. The highest BCUT2D eigenvalue weighted by Crippen LogP contribution is 2.23. The Bertz CT molecular complexity index is 2320. The number of nitrogens with one attached hydrogen (secondary N) is 4. The Balaban J connectivity index is 1.23. The smallest absolute Gasteiger partial charge is 0.326 e. The van der Waals surface area contributed by atoms with Gasteiger partial charge in [-0.2, -0.15) is 0 Å². The lowest BCUT2D eigenvalue weighted by molar-refractivity contribution is -0.149. The van der Waals surface area contributed by atoms with E-state index >= 15 is 0 Å². The highest BCUT2D eigenvalue weighted by molar-refractivity contribution is 7.09. The molecule has 8 rings (SSSR count). The molecule has 5 aromatic rings. The first-order valence-electron chi connectivity index (χ1n) is 20.8. The quantitative estimate of drug-likeness (QED) is 0.128. The van der Waals surface area contributed by atoms with E-state index < -0.39 is 72.3 Å². The molecule has 13 nitrogen and oxygen atoms in total. The van der Waals surface area contributed by atoms with Crippen LogP contribution in [0.25, 0.3) is 11.1 Å². The topological polar surface area (TPSA) is 183 Å². The molecule has 3 aliphatic rings. The van der Waals surface area contributed by atoms with Crippen molar-refractivity contribution in [3.8, 4) is 16.9 Å². The van der Waals surface area contributed by atoms with E-state index in [-0.39, 0.29) is 38.6 Å². The number of hydrogen-bond donors (Lipinski definition) is 5. The Kier molecular flexibility index (Phi) is 14.4. The SMILES string of the molecule is O=C1COc2ccc(cc2)C[C@@H](C(=O)N2CCC[C@H]2C(=O)O)NC(=O)[C@@H](CCc2ccccc2)NC(=O)[C@H](Cc2ccc(-c3ccccc3)cc2)NC(=O)C(Cc2cccs2)N1. The molecule has 4 heterocycles. The number of carbonyl (C=O) groups excluding carboxylic acids is 5. The first-order valence-corrected chi connectivity index (χ1v) is 21.6. The minimum atomic E-state index is -1.20. The molecule has 320 valence electrons. The van der Waals surface area contributed by atoms with Gasteiger partial charge in [-0.05, 0) is 77.1 Å². The minimum absolute atomic E-state index is 0.00951. The maximum absolute atomic E-state index is 14.6. The van der Waals surface area contributed by atoms with Crippen molar-refractivity contribution >= 4 is 46.8 Å². The lowest BCUT2D eigenvalue weighted by Crippen LogP contribution is -2.59. The number of aryl methyl sites for hydroxylation is 1. The van der Waals surface area contributed by atoms with Crippen LogP contribution in [0.5, 0.6) is 5.75 Å². The van der Waals surface area contributed by atoms with Gasteiger partial charge in [0.05, 0.1) is 0 Å². The second-order valence-electron chi connectivity index (χ2n) is 15.5. The molecular weight excluding hydrogens is 807 g/mol. The maximum atomic E-state index is 14.6. The van der Waals surface area contributed by atoms with Gasteiger partial charge in [-0.15, -0.1) is 11.3 Å². The highest BCUT2D eigenvalue weighted by atomic mass is 32.1. The Morgan fingerprint density at radius 3 is 2.00 bits per heavy atom. The largest absolute Gasteiger partial charge is 0.484 e. The van der Waals surface area contributed by atoms with Crippen LogP contribution in [-0.4, -0.2) is 88.9 Å². The van der Waals surface area contributed by atoms with Gasteiger partial charge in [0.2, 0.25) is 23.6 Å². The summed E-state index contributed by atoms with van der Waals surface area (Å²) in [5.74, 6) is -3.78. The van der Waals surface area contributed by atoms with Gasteiger partial charge in [0.1, 0.15) is 36.0 Å². The number of hydrogen-bond acceptors (Lipinski definition) is 8. The molecule has 3 aliphatic heterocycles. The molecule has 1 saturated heterocycles. The summed E-state index contributed by atoms with van der Waals surface area (Å²) in [6.45, 7) is -0.191. The van der Waals surface area contributed by atoms with Crippen molar-refractivity contribution in [3.05, 3.63) is 148 Å². The molecule has 2 bridgehead atoms. The molecule has 62 heavy (non-hydrogen) atoms. The van der Waals surface area contributed by atoms with Crippen LogP contribution in [0, 0.1) is 0 Å². The molecule has 4 aromatic carbocycles. The zero-order chi connectivity index (χ0) is 43.4. The number of benzene rings is 4. The minimum Gasteiger partial charge on any atom is -0.484 e. The molecule has 0 spiro atoms. The predicted octanol–water partition coefficient (Wildman–Crippen LogP) is 4.48. The van der Waals surface area contributed by atoms with Crippen LogP contribution in [0.3, 0.4) is 0 Å². The molecule has 5 N–H and O–H groups in total. The number of thiophene rings is 1. The van der Waals surface area contributed by atoms with Crippen molar-refractivity contribution in [2.75, 3.05) is 13.2 Å². The number of rotatable bonds is 10. The van der Waals surface area contributed by atoms with Crippen molar-refractivity contribution < 1.29 is 38.6 Å². The molecule has 0 aliphatic carbocycles. The number of carboxylic acid groups (broad SMARTS) is 1. The van der Waals surface area contributed by atoms with E-state index in [1.807, 2.05) is 102 Å². The van der Waals surface area contributed by atoms with Crippen LogP contribution >= 0.6 is 11.3 Å². The van der Waals surface area contributed by atoms with E-state index in [0.717, 1.165) is 27.1 Å². The maximum Gasteiger partial charge on any atom is 0.326 e. The Morgan fingerprint density at radius 1 is 0.677 bits per heavy atom. The van der Waals surface area contributed by atoms with Gasteiger partial charge in [0, 0.05) is 30.7 Å². The zero-order valence-corrected chi connectivity index (χ0v) is 34.9. The van der Waals surface area contributed by atoms with Crippen LogP contribution in [0.1, 0.15) is 40.8 Å². The molecule has 14 heteroatoms. The fourth-order valence-electron chi connectivity index (χ4n) is 7.82.